The summed E-state index contributed by atoms with van der Waals surface area (Å²) in [6.45, 7) is 10.0. The molecule has 1 unspecified atom stereocenters. The summed E-state index contributed by atoms with van der Waals surface area (Å²) in [6.07, 6.45) is -0.293. The van der Waals surface area contributed by atoms with Crippen LogP contribution in [0, 0.1) is 0 Å². The lowest BCUT2D eigenvalue weighted by Crippen LogP contribution is -2.45. The van der Waals surface area contributed by atoms with E-state index in [1.807, 2.05) is 36.4 Å². The molecule has 2 N–H and O–H groups in total. The number of nitrogens with one attached hydrogen (secondary N) is 2. The van der Waals surface area contributed by atoms with Crippen molar-refractivity contribution in [2.75, 3.05) is 7.11 Å². The molecule has 31 heavy (non-hydrogen) atoms. The zero-order chi connectivity index (χ0) is 22.8. The summed E-state index contributed by atoms with van der Waals surface area (Å²) in [5.74, 6) is 0.212. The van der Waals surface area contributed by atoms with Gasteiger partial charge in [0.05, 0.1) is 30.5 Å². The van der Waals surface area contributed by atoms with E-state index in [2.05, 4.69) is 31.4 Å². The molecule has 0 spiro atoms. The molecule has 1 aliphatic rings. The summed E-state index contributed by atoms with van der Waals surface area (Å²) in [4.78, 5) is 25.7. The number of urea groups is 1. The third-order valence-electron chi connectivity index (χ3n) is 5.12. The average Bonchev–Trinajstić information content (AvgIpc) is 2.72. The van der Waals surface area contributed by atoms with E-state index in [0.717, 1.165) is 5.56 Å². The van der Waals surface area contributed by atoms with Gasteiger partial charge in [-0.05, 0) is 60.2 Å². The number of esters is 1. The molecular formula is C25H30N2O4. The van der Waals surface area contributed by atoms with Crippen LogP contribution in [0.4, 0.5) is 4.79 Å². The van der Waals surface area contributed by atoms with Crippen LogP contribution in [-0.4, -0.2) is 25.2 Å². The first-order valence-corrected chi connectivity index (χ1v) is 10.4. The molecule has 1 heterocycles. The van der Waals surface area contributed by atoms with Gasteiger partial charge in [0, 0.05) is 0 Å². The SMILES string of the molecule is COc1ccc(C2=C(C(=O)OC(C)C)C(c3ccc(C(C)(C)C)cc3)NC(=O)N2)cc1. The first-order valence-electron chi connectivity index (χ1n) is 10.4. The van der Waals surface area contributed by atoms with Crippen molar-refractivity contribution in [3.05, 3.63) is 70.8 Å². The van der Waals surface area contributed by atoms with E-state index in [-0.39, 0.29) is 17.6 Å². The normalized spacial score (nSPS) is 16.6. The number of hydrogen-bond donors (Lipinski definition) is 2. The van der Waals surface area contributed by atoms with Crippen LogP contribution >= 0.6 is 0 Å². The van der Waals surface area contributed by atoms with Crippen molar-refractivity contribution in [2.45, 2.75) is 52.2 Å². The Morgan fingerprint density at radius 1 is 1.00 bits per heavy atom. The van der Waals surface area contributed by atoms with Gasteiger partial charge >= 0.3 is 12.0 Å². The van der Waals surface area contributed by atoms with Gasteiger partial charge in [-0.3, -0.25) is 0 Å². The lowest BCUT2D eigenvalue weighted by atomic mass is 9.85. The van der Waals surface area contributed by atoms with Crippen LogP contribution < -0.4 is 15.4 Å². The molecule has 6 heteroatoms. The molecule has 164 valence electrons. The number of rotatable bonds is 5. The van der Waals surface area contributed by atoms with Crippen molar-refractivity contribution in [1.29, 1.82) is 0 Å². The van der Waals surface area contributed by atoms with Crippen LogP contribution in [0.3, 0.4) is 0 Å². The quantitative estimate of drug-likeness (QED) is 0.684. The third kappa shape index (κ3) is 5.08. The minimum atomic E-state index is -0.633. The van der Waals surface area contributed by atoms with E-state index in [4.69, 9.17) is 9.47 Å². The molecule has 1 aliphatic heterocycles. The Morgan fingerprint density at radius 2 is 1.61 bits per heavy atom. The molecule has 6 nitrogen and oxygen atoms in total. The molecule has 2 aromatic carbocycles. The number of amides is 2. The minimum absolute atomic E-state index is 0.000599. The van der Waals surface area contributed by atoms with Crippen LogP contribution in [0.1, 0.15) is 57.4 Å². The maximum absolute atomic E-state index is 13.1. The summed E-state index contributed by atoms with van der Waals surface area (Å²) < 4.78 is 10.8. The Hall–Kier alpha value is -3.28. The fraction of sp³-hybridized carbons (Fsp3) is 0.360. The van der Waals surface area contributed by atoms with Crippen molar-refractivity contribution in [3.8, 4) is 5.75 Å². The predicted octanol–water partition coefficient (Wildman–Crippen LogP) is 4.71. The summed E-state index contributed by atoms with van der Waals surface area (Å²) in [6, 6.07) is 14.1. The third-order valence-corrected chi connectivity index (χ3v) is 5.12. The average molecular weight is 423 g/mol. The number of benzene rings is 2. The predicted molar refractivity (Wildman–Crippen MR) is 121 cm³/mol. The second kappa shape index (κ2) is 8.84. The highest BCUT2D eigenvalue weighted by Gasteiger charge is 2.35. The van der Waals surface area contributed by atoms with Crippen molar-refractivity contribution in [3.63, 3.8) is 0 Å². The molecule has 1 atom stereocenters. The Kier molecular flexibility index (Phi) is 6.39. The van der Waals surface area contributed by atoms with E-state index < -0.39 is 12.0 Å². The van der Waals surface area contributed by atoms with Gasteiger partial charge in [0.1, 0.15) is 5.75 Å². The highest BCUT2D eigenvalue weighted by molar-refractivity contribution is 6.04. The van der Waals surface area contributed by atoms with Crippen molar-refractivity contribution >= 4 is 17.7 Å². The van der Waals surface area contributed by atoms with E-state index in [1.54, 1.807) is 33.1 Å². The van der Waals surface area contributed by atoms with E-state index >= 15 is 0 Å². The summed E-state index contributed by atoms with van der Waals surface area (Å²) in [5, 5.41) is 5.68. The molecule has 0 saturated carbocycles. The fourth-order valence-corrected chi connectivity index (χ4v) is 3.47. The van der Waals surface area contributed by atoms with Crippen LogP contribution in [0.25, 0.3) is 5.70 Å². The van der Waals surface area contributed by atoms with Gasteiger partial charge in [0.15, 0.2) is 0 Å². The first kappa shape index (κ1) is 22.4. The monoisotopic (exact) mass is 422 g/mol. The fourth-order valence-electron chi connectivity index (χ4n) is 3.47. The molecule has 2 aromatic rings. The highest BCUT2D eigenvalue weighted by atomic mass is 16.5. The Labute approximate surface area is 183 Å². The van der Waals surface area contributed by atoms with Gasteiger partial charge in [-0.15, -0.1) is 0 Å². The molecule has 0 radical (unpaired) electrons. The molecule has 0 saturated heterocycles. The van der Waals surface area contributed by atoms with Gasteiger partial charge < -0.3 is 20.1 Å². The lowest BCUT2D eigenvalue weighted by molar-refractivity contribution is -0.143. The van der Waals surface area contributed by atoms with E-state index in [0.29, 0.717) is 22.6 Å². The largest absolute Gasteiger partial charge is 0.497 e. The molecule has 0 bridgehead atoms. The summed E-state index contributed by atoms with van der Waals surface area (Å²) in [7, 11) is 1.59. The van der Waals surface area contributed by atoms with Crippen molar-refractivity contribution in [2.24, 2.45) is 0 Å². The van der Waals surface area contributed by atoms with Gasteiger partial charge in [-0.25, -0.2) is 9.59 Å². The molecule has 3 rings (SSSR count). The van der Waals surface area contributed by atoms with Crippen molar-refractivity contribution < 1.29 is 19.1 Å². The van der Waals surface area contributed by atoms with Crippen molar-refractivity contribution in [1.82, 2.24) is 10.6 Å². The van der Waals surface area contributed by atoms with E-state index in [9.17, 15) is 9.59 Å². The van der Waals surface area contributed by atoms with Gasteiger partial charge in [-0.1, -0.05) is 45.0 Å². The summed E-state index contributed by atoms with van der Waals surface area (Å²) in [5.41, 5.74) is 3.47. The lowest BCUT2D eigenvalue weighted by Gasteiger charge is -2.30. The van der Waals surface area contributed by atoms with Crippen LogP contribution in [0.2, 0.25) is 0 Å². The number of carbonyl (C=O) groups is 2. The van der Waals surface area contributed by atoms with Gasteiger partial charge in [0.25, 0.3) is 0 Å². The molecular weight excluding hydrogens is 392 g/mol. The smallest absolute Gasteiger partial charge is 0.338 e. The maximum Gasteiger partial charge on any atom is 0.338 e. The molecule has 0 aliphatic carbocycles. The zero-order valence-corrected chi connectivity index (χ0v) is 18.9. The number of methoxy groups -OCH3 is 1. The number of hydrogen-bond acceptors (Lipinski definition) is 4. The second-order valence-electron chi connectivity index (χ2n) is 8.87. The minimum Gasteiger partial charge on any atom is -0.497 e. The summed E-state index contributed by atoms with van der Waals surface area (Å²) >= 11 is 0. The van der Waals surface area contributed by atoms with Crippen LogP contribution in [-0.2, 0) is 14.9 Å². The topological polar surface area (TPSA) is 76.7 Å². The van der Waals surface area contributed by atoms with Gasteiger partial charge in [0.2, 0.25) is 0 Å². The zero-order valence-electron chi connectivity index (χ0n) is 18.9. The van der Waals surface area contributed by atoms with Crippen LogP contribution in [0.15, 0.2) is 54.1 Å². The van der Waals surface area contributed by atoms with Gasteiger partial charge in [-0.2, -0.15) is 0 Å². The van der Waals surface area contributed by atoms with E-state index in [1.165, 1.54) is 5.56 Å². The number of ether oxygens (including phenoxy) is 2. The molecule has 0 aromatic heterocycles. The molecule has 0 fully saturated rings. The standard InChI is InChI=1S/C25H30N2O4/c1-15(2)31-23(28)20-21(16-7-11-18(12-8-16)25(3,4)5)26-24(29)27-22(20)17-9-13-19(30-6)14-10-17/h7-15,21H,1-6H3,(H2,26,27,29). The Morgan fingerprint density at radius 3 is 2.13 bits per heavy atom. The first-order chi connectivity index (χ1) is 14.6. The molecule has 2 amide bonds. The Bertz CT molecular complexity index is 984. The number of carbonyl (C=O) groups excluding carboxylic acids is 2. The maximum atomic E-state index is 13.1. The highest BCUT2D eigenvalue weighted by Crippen LogP contribution is 2.34. The second-order valence-corrected chi connectivity index (χ2v) is 8.87. The van der Waals surface area contributed by atoms with Crippen LogP contribution in [0.5, 0.6) is 5.75 Å². The Balaban J connectivity index is 2.13.